The number of pyridine rings is 1. The summed E-state index contributed by atoms with van der Waals surface area (Å²) in [6.45, 7) is 0. The molecule has 94 valence electrons. The van der Waals surface area contributed by atoms with Crippen LogP contribution in [-0.2, 0) is 6.18 Å². The van der Waals surface area contributed by atoms with Gasteiger partial charge in [-0.3, -0.25) is 0 Å². The third kappa shape index (κ3) is 3.22. The lowest BCUT2D eigenvalue weighted by Crippen LogP contribution is -2.04. The molecular formula is C12H7BrF3NO. The molecule has 1 aromatic heterocycles. The first-order valence-corrected chi connectivity index (χ1v) is 5.72. The third-order valence-corrected chi connectivity index (χ3v) is 2.54. The first kappa shape index (κ1) is 12.9. The predicted octanol–water partition coefficient (Wildman–Crippen LogP) is 4.66. The molecule has 2 nitrogen and oxygen atoms in total. The Bertz CT molecular complexity index is 540. The molecule has 0 aliphatic carbocycles. The van der Waals surface area contributed by atoms with Crippen LogP contribution in [0.3, 0.4) is 0 Å². The van der Waals surface area contributed by atoms with Crippen molar-refractivity contribution in [3.05, 3.63) is 52.6 Å². The predicted molar refractivity (Wildman–Crippen MR) is 63.5 cm³/mol. The van der Waals surface area contributed by atoms with Gasteiger partial charge in [0.1, 0.15) is 10.4 Å². The molecule has 0 unspecified atom stereocenters. The van der Waals surface area contributed by atoms with Gasteiger partial charge >= 0.3 is 6.18 Å². The van der Waals surface area contributed by atoms with Crippen molar-refractivity contribution in [2.24, 2.45) is 0 Å². The van der Waals surface area contributed by atoms with Crippen LogP contribution in [0.4, 0.5) is 13.2 Å². The van der Waals surface area contributed by atoms with Crippen molar-refractivity contribution in [3.8, 4) is 11.6 Å². The average Bonchev–Trinajstić information content (AvgIpc) is 2.28. The number of rotatable bonds is 2. The fourth-order valence-electron chi connectivity index (χ4n) is 1.28. The molecule has 0 saturated heterocycles. The minimum atomic E-state index is -4.34. The lowest BCUT2D eigenvalue weighted by Gasteiger charge is -2.08. The van der Waals surface area contributed by atoms with Crippen LogP contribution in [-0.4, -0.2) is 4.98 Å². The Morgan fingerprint density at radius 2 is 1.67 bits per heavy atom. The van der Waals surface area contributed by atoms with Gasteiger partial charge in [0, 0.05) is 6.07 Å². The molecule has 0 spiro atoms. The molecule has 0 amide bonds. The Hall–Kier alpha value is -1.56. The van der Waals surface area contributed by atoms with Gasteiger partial charge in [0.05, 0.1) is 5.56 Å². The maximum Gasteiger partial charge on any atom is 0.416 e. The molecule has 0 radical (unpaired) electrons. The molecule has 1 aromatic carbocycles. The van der Waals surface area contributed by atoms with E-state index in [1.54, 1.807) is 18.2 Å². The van der Waals surface area contributed by atoms with Crippen molar-refractivity contribution in [2.75, 3.05) is 0 Å². The summed E-state index contributed by atoms with van der Waals surface area (Å²) >= 11 is 3.17. The van der Waals surface area contributed by atoms with Gasteiger partial charge in [-0.05, 0) is 46.3 Å². The van der Waals surface area contributed by atoms with Gasteiger partial charge in [-0.15, -0.1) is 0 Å². The molecule has 1 heterocycles. The highest BCUT2D eigenvalue weighted by atomic mass is 79.9. The summed E-state index contributed by atoms with van der Waals surface area (Å²) in [6, 6.07) is 9.50. The van der Waals surface area contributed by atoms with E-state index in [-0.39, 0.29) is 0 Å². The van der Waals surface area contributed by atoms with Crippen LogP contribution in [0.15, 0.2) is 47.1 Å². The topological polar surface area (TPSA) is 22.1 Å². The number of ether oxygens (including phenoxy) is 1. The second-order valence-corrected chi connectivity index (χ2v) is 4.24. The number of halogens is 4. The van der Waals surface area contributed by atoms with Crippen molar-refractivity contribution in [2.45, 2.75) is 6.18 Å². The zero-order valence-electron chi connectivity index (χ0n) is 8.91. The van der Waals surface area contributed by atoms with Gasteiger partial charge in [-0.1, -0.05) is 6.07 Å². The van der Waals surface area contributed by atoms with E-state index in [0.717, 1.165) is 12.1 Å². The lowest BCUT2D eigenvalue weighted by atomic mass is 10.2. The molecule has 2 rings (SSSR count). The second kappa shape index (κ2) is 4.97. The first-order chi connectivity index (χ1) is 8.45. The number of alkyl halides is 3. The third-order valence-electron chi connectivity index (χ3n) is 2.09. The summed E-state index contributed by atoms with van der Waals surface area (Å²) in [4.78, 5) is 4.01. The van der Waals surface area contributed by atoms with Crippen molar-refractivity contribution in [3.63, 3.8) is 0 Å². The number of hydrogen-bond donors (Lipinski definition) is 0. The summed E-state index contributed by atoms with van der Waals surface area (Å²) in [7, 11) is 0. The van der Waals surface area contributed by atoms with Crippen LogP contribution in [0.1, 0.15) is 5.56 Å². The minimum absolute atomic E-state index is 0.300. The van der Waals surface area contributed by atoms with Gasteiger partial charge in [-0.2, -0.15) is 13.2 Å². The monoisotopic (exact) mass is 317 g/mol. The molecule has 18 heavy (non-hydrogen) atoms. The summed E-state index contributed by atoms with van der Waals surface area (Å²) in [5.41, 5.74) is -0.711. The Kier molecular flexibility index (Phi) is 3.56. The molecule has 0 saturated carbocycles. The molecular weight excluding hydrogens is 311 g/mol. The van der Waals surface area contributed by atoms with Crippen LogP contribution in [0.5, 0.6) is 11.6 Å². The van der Waals surface area contributed by atoms with Crippen molar-refractivity contribution in [1.29, 1.82) is 0 Å². The largest absolute Gasteiger partial charge is 0.439 e. The normalized spacial score (nSPS) is 11.3. The SMILES string of the molecule is FC(F)(F)c1ccc(Oc2cccc(Br)n2)cc1. The van der Waals surface area contributed by atoms with Gasteiger partial charge < -0.3 is 4.74 Å². The van der Waals surface area contributed by atoms with Crippen LogP contribution in [0, 0.1) is 0 Å². The fourth-order valence-corrected chi connectivity index (χ4v) is 1.61. The zero-order valence-corrected chi connectivity index (χ0v) is 10.5. The van der Waals surface area contributed by atoms with Gasteiger partial charge in [0.2, 0.25) is 5.88 Å². The number of aromatic nitrogens is 1. The van der Waals surface area contributed by atoms with E-state index in [0.29, 0.717) is 16.2 Å². The van der Waals surface area contributed by atoms with Crippen molar-refractivity contribution < 1.29 is 17.9 Å². The number of nitrogens with zero attached hydrogens (tertiary/aromatic N) is 1. The van der Waals surface area contributed by atoms with Crippen LogP contribution in [0.25, 0.3) is 0 Å². The van der Waals surface area contributed by atoms with Crippen LogP contribution in [0.2, 0.25) is 0 Å². The zero-order chi connectivity index (χ0) is 13.2. The lowest BCUT2D eigenvalue weighted by molar-refractivity contribution is -0.137. The maximum absolute atomic E-state index is 12.3. The molecule has 0 atom stereocenters. The molecule has 0 N–H and O–H groups in total. The highest BCUT2D eigenvalue weighted by Crippen LogP contribution is 2.31. The Labute approximate surface area is 110 Å². The summed E-state index contributed by atoms with van der Waals surface area (Å²) in [6.07, 6.45) is -4.34. The van der Waals surface area contributed by atoms with Crippen LogP contribution < -0.4 is 4.74 Å². The summed E-state index contributed by atoms with van der Waals surface area (Å²) in [5.74, 6) is 0.609. The molecule has 0 bridgehead atoms. The fraction of sp³-hybridized carbons (Fsp3) is 0.0833. The molecule has 0 aliphatic rings. The maximum atomic E-state index is 12.3. The Balaban J connectivity index is 2.16. The van der Waals surface area contributed by atoms with Gasteiger partial charge in [0.25, 0.3) is 0 Å². The van der Waals surface area contributed by atoms with Crippen molar-refractivity contribution in [1.82, 2.24) is 4.98 Å². The van der Waals surface area contributed by atoms with E-state index in [1.165, 1.54) is 12.1 Å². The van der Waals surface area contributed by atoms with E-state index in [2.05, 4.69) is 20.9 Å². The smallest absolute Gasteiger partial charge is 0.416 e. The Morgan fingerprint density at radius 1 is 1.00 bits per heavy atom. The highest BCUT2D eigenvalue weighted by molar-refractivity contribution is 9.10. The number of hydrogen-bond acceptors (Lipinski definition) is 2. The standard InChI is InChI=1S/C12H7BrF3NO/c13-10-2-1-3-11(17-10)18-9-6-4-8(5-7-9)12(14,15)16/h1-7H. The summed E-state index contributed by atoms with van der Waals surface area (Å²) < 4.78 is 42.9. The molecule has 0 fully saturated rings. The average molecular weight is 318 g/mol. The van der Waals surface area contributed by atoms with Gasteiger partial charge in [-0.25, -0.2) is 4.98 Å². The Morgan fingerprint density at radius 3 is 2.22 bits per heavy atom. The van der Waals surface area contributed by atoms with E-state index in [1.807, 2.05) is 0 Å². The highest BCUT2D eigenvalue weighted by Gasteiger charge is 2.30. The molecule has 2 aromatic rings. The number of benzene rings is 1. The van der Waals surface area contributed by atoms with E-state index in [4.69, 9.17) is 4.74 Å². The minimum Gasteiger partial charge on any atom is -0.439 e. The van der Waals surface area contributed by atoms with E-state index in [9.17, 15) is 13.2 Å². The summed E-state index contributed by atoms with van der Waals surface area (Å²) in [5, 5.41) is 0. The first-order valence-electron chi connectivity index (χ1n) is 4.93. The molecule has 0 aliphatic heterocycles. The quantitative estimate of drug-likeness (QED) is 0.752. The van der Waals surface area contributed by atoms with E-state index < -0.39 is 11.7 Å². The van der Waals surface area contributed by atoms with Crippen LogP contribution >= 0.6 is 15.9 Å². The van der Waals surface area contributed by atoms with Gasteiger partial charge in [0.15, 0.2) is 0 Å². The van der Waals surface area contributed by atoms with Crippen molar-refractivity contribution >= 4 is 15.9 Å². The van der Waals surface area contributed by atoms with E-state index >= 15 is 0 Å². The second-order valence-electron chi connectivity index (χ2n) is 3.42. The molecule has 6 heteroatoms.